The number of nitrogens with zero attached hydrogens (tertiary/aromatic N) is 3. The zero-order valence-electron chi connectivity index (χ0n) is 11.7. The van der Waals surface area contributed by atoms with Crippen molar-refractivity contribution in [2.75, 3.05) is 0 Å². The van der Waals surface area contributed by atoms with E-state index in [-0.39, 0.29) is 0 Å². The maximum absolute atomic E-state index is 5.60. The lowest BCUT2D eigenvalue weighted by molar-refractivity contribution is 0.421. The summed E-state index contributed by atoms with van der Waals surface area (Å²) in [7, 11) is 0. The lowest BCUT2D eigenvalue weighted by Crippen LogP contribution is -2.13. The monoisotopic (exact) mass is 284 g/mol. The van der Waals surface area contributed by atoms with E-state index in [0.29, 0.717) is 30.8 Å². The van der Waals surface area contributed by atoms with Gasteiger partial charge in [-0.25, -0.2) is 4.98 Å². The molecule has 0 spiro atoms. The molecule has 0 aliphatic rings. The van der Waals surface area contributed by atoms with E-state index in [1.165, 1.54) is 0 Å². The minimum atomic E-state index is 0.476. The van der Waals surface area contributed by atoms with Gasteiger partial charge in [-0.1, -0.05) is 25.1 Å². The van der Waals surface area contributed by atoms with Crippen LogP contribution in [0.15, 0.2) is 45.4 Å². The van der Waals surface area contributed by atoms with E-state index in [2.05, 4.69) is 20.5 Å². The van der Waals surface area contributed by atoms with Gasteiger partial charge in [-0.2, -0.15) is 0 Å². The highest BCUT2D eigenvalue weighted by atomic mass is 16.4. The summed E-state index contributed by atoms with van der Waals surface area (Å²) in [6.07, 6.45) is 2.59. The van der Waals surface area contributed by atoms with Gasteiger partial charge in [0.15, 0.2) is 0 Å². The van der Waals surface area contributed by atoms with Crippen molar-refractivity contribution in [2.45, 2.75) is 26.4 Å². The van der Waals surface area contributed by atoms with Gasteiger partial charge in [-0.15, -0.1) is 10.2 Å². The van der Waals surface area contributed by atoms with Crippen LogP contribution in [0.5, 0.6) is 0 Å². The molecule has 0 aliphatic heterocycles. The van der Waals surface area contributed by atoms with Crippen molar-refractivity contribution in [1.29, 1.82) is 0 Å². The predicted octanol–water partition coefficient (Wildman–Crippen LogP) is 2.58. The van der Waals surface area contributed by atoms with E-state index in [1.54, 1.807) is 6.20 Å². The molecule has 0 atom stereocenters. The number of hydrogen-bond donors (Lipinski definition) is 1. The second-order valence-electron chi connectivity index (χ2n) is 4.54. The molecular weight excluding hydrogens is 268 g/mol. The van der Waals surface area contributed by atoms with Gasteiger partial charge in [-0.3, -0.25) is 0 Å². The predicted molar refractivity (Wildman–Crippen MR) is 76.2 cm³/mol. The van der Waals surface area contributed by atoms with Crippen molar-refractivity contribution >= 4 is 0 Å². The van der Waals surface area contributed by atoms with Crippen LogP contribution in [-0.4, -0.2) is 15.2 Å². The van der Waals surface area contributed by atoms with Gasteiger partial charge in [0.2, 0.25) is 17.7 Å². The van der Waals surface area contributed by atoms with Crippen LogP contribution >= 0.6 is 0 Å². The van der Waals surface area contributed by atoms with E-state index < -0.39 is 0 Å². The van der Waals surface area contributed by atoms with Gasteiger partial charge in [0.25, 0.3) is 0 Å². The molecule has 0 bridgehead atoms. The molecule has 2 heterocycles. The number of hydrogen-bond acceptors (Lipinski definition) is 6. The van der Waals surface area contributed by atoms with Gasteiger partial charge in [0.05, 0.1) is 19.3 Å². The number of nitrogens with one attached hydrogen (secondary N) is 1. The second kappa shape index (κ2) is 6.32. The first-order valence-electron chi connectivity index (χ1n) is 6.87. The fraction of sp³-hybridized carbons (Fsp3) is 0.267. The molecule has 0 saturated heterocycles. The smallest absolute Gasteiger partial charge is 0.247 e. The lowest BCUT2D eigenvalue weighted by Gasteiger charge is -1.97. The Morgan fingerprint density at radius 3 is 2.57 bits per heavy atom. The Labute approximate surface area is 122 Å². The minimum absolute atomic E-state index is 0.476. The SMILES string of the molecule is CCc1cnc(CNCc2nnc(-c3ccccc3)o2)o1. The molecule has 0 aliphatic carbocycles. The highest BCUT2D eigenvalue weighted by Gasteiger charge is 2.08. The first-order chi connectivity index (χ1) is 10.3. The number of rotatable bonds is 6. The third-order valence-corrected chi connectivity index (χ3v) is 2.99. The summed E-state index contributed by atoms with van der Waals surface area (Å²) < 4.78 is 11.1. The molecule has 0 saturated carbocycles. The van der Waals surface area contributed by atoms with E-state index >= 15 is 0 Å². The van der Waals surface area contributed by atoms with Crippen LogP contribution in [0.3, 0.4) is 0 Å². The number of aryl methyl sites for hydroxylation is 1. The van der Waals surface area contributed by atoms with Crippen molar-refractivity contribution < 1.29 is 8.83 Å². The summed E-state index contributed by atoms with van der Waals surface area (Å²) in [5, 5.41) is 11.2. The molecule has 3 aromatic rings. The van der Waals surface area contributed by atoms with E-state index in [4.69, 9.17) is 8.83 Å². The molecule has 0 fully saturated rings. The van der Waals surface area contributed by atoms with Crippen molar-refractivity contribution in [3.05, 3.63) is 54.1 Å². The summed E-state index contributed by atoms with van der Waals surface area (Å²) in [6, 6.07) is 9.69. The molecule has 0 unspecified atom stereocenters. The summed E-state index contributed by atoms with van der Waals surface area (Å²) in [6.45, 7) is 3.04. The zero-order chi connectivity index (χ0) is 14.5. The van der Waals surface area contributed by atoms with Crippen LogP contribution < -0.4 is 5.32 Å². The molecule has 2 aromatic heterocycles. The number of oxazole rings is 1. The van der Waals surface area contributed by atoms with Gasteiger partial charge in [0, 0.05) is 12.0 Å². The average Bonchev–Trinajstić information content (AvgIpc) is 3.17. The quantitative estimate of drug-likeness (QED) is 0.749. The average molecular weight is 284 g/mol. The first-order valence-corrected chi connectivity index (χ1v) is 6.87. The molecule has 21 heavy (non-hydrogen) atoms. The van der Waals surface area contributed by atoms with Gasteiger partial charge >= 0.3 is 0 Å². The normalized spacial score (nSPS) is 10.9. The Balaban J connectivity index is 1.55. The molecule has 1 aromatic carbocycles. The van der Waals surface area contributed by atoms with Crippen LogP contribution in [0.25, 0.3) is 11.5 Å². The van der Waals surface area contributed by atoms with Crippen LogP contribution in [0.1, 0.15) is 24.5 Å². The molecule has 6 heteroatoms. The summed E-state index contributed by atoms with van der Waals surface area (Å²) in [5.41, 5.74) is 0.913. The molecule has 6 nitrogen and oxygen atoms in total. The molecule has 0 radical (unpaired) electrons. The largest absolute Gasteiger partial charge is 0.444 e. The van der Waals surface area contributed by atoms with E-state index in [0.717, 1.165) is 17.7 Å². The Bertz CT molecular complexity index is 691. The fourth-order valence-corrected chi connectivity index (χ4v) is 1.89. The van der Waals surface area contributed by atoms with E-state index in [9.17, 15) is 0 Å². The topological polar surface area (TPSA) is 77.0 Å². The van der Waals surface area contributed by atoms with Crippen LogP contribution in [-0.2, 0) is 19.5 Å². The maximum Gasteiger partial charge on any atom is 0.247 e. The number of benzene rings is 1. The van der Waals surface area contributed by atoms with Crippen molar-refractivity contribution in [3.8, 4) is 11.5 Å². The summed E-state index contributed by atoms with van der Waals surface area (Å²) in [4.78, 5) is 4.18. The molecule has 3 rings (SSSR count). The van der Waals surface area contributed by atoms with Crippen molar-refractivity contribution in [3.63, 3.8) is 0 Å². The Morgan fingerprint density at radius 2 is 1.81 bits per heavy atom. The van der Waals surface area contributed by atoms with Gasteiger partial charge < -0.3 is 14.2 Å². The van der Waals surface area contributed by atoms with Crippen LogP contribution in [0.2, 0.25) is 0 Å². The number of aromatic nitrogens is 3. The summed E-state index contributed by atoms with van der Waals surface area (Å²) >= 11 is 0. The lowest BCUT2D eigenvalue weighted by atomic mass is 10.2. The fourth-order valence-electron chi connectivity index (χ4n) is 1.89. The zero-order valence-corrected chi connectivity index (χ0v) is 11.7. The highest BCUT2D eigenvalue weighted by Crippen LogP contribution is 2.16. The molecule has 0 amide bonds. The van der Waals surface area contributed by atoms with Crippen LogP contribution in [0, 0.1) is 0 Å². The highest BCUT2D eigenvalue weighted by molar-refractivity contribution is 5.51. The van der Waals surface area contributed by atoms with Crippen molar-refractivity contribution in [1.82, 2.24) is 20.5 Å². The Kier molecular flexibility index (Phi) is 4.07. The standard InChI is InChI=1S/C15H16N4O2/c1-2-12-8-17-13(20-12)9-16-10-14-18-19-15(21-14)11-6-4-3-5-7-11/h3-8,16H,2,9-10H2,1H3. The molecular formula is C15H16N4O2. The van der Waals surface area contributed by atoms with E-state index in [1.807, 2.05) is 37.3 Å². The third-order valence-electron chi connectivity index (χ3n) is 2.99. The Morgan fingerprint density at radius 1 is 1.00 bits per heavy atom. The van der Waals surface area contributed by atoms with Crippen molar-refractivity contribution in [2.24, 2.45) is 0 Å². The second-order valence-corrected chi connectivity index (χ2v) is 4.54. The Hall–Kier alpha value is -2.47. The third kappa shape index (κ3) is 3.35. The van der Waals surface area contributed by atoms with Gasteiger partial charge in [0.1, 0.15) is 5.76 Å². The molecule has 108 valence electrons. The first kappa shape index (κ1) is 13.5. The van der Waals surface area contributed by atoms with Gasteiger partial charge in [-0.05, 0) is 12.1 Å². The summed E-state index contributed by atoms with van der Waals surface area (Å²) in [5.74, 6) is 2.61. The minimum Gasteiger partial charge on any atom is -0.444 e. The molecule has 1 N–H and O–H groups in total. The maximum atomic E-state index is 5.60. The van der Waals surface area contributed by atoms with Crippen LogP contribution in [0.4, 0.5) is 0 Å².